The first-order valence-electron chi connectivity index (χ1n) is 15.8. The fraction of sp³-hybridized carbons (Fsp3) is 0.343. The van der Waals surface area contributed by atoms with E-state index in [9.17, 15) is 10.2 Å². The van der Waals surface area contributed by atoms with Crippen LogP contribution in [0, 0.1) is 5.92 Å². The van der Waals surface area contributed by atoms with Crippen molar-refractivity contribution in [2.24, 2.45) is 23.4 Å². The molecule has 1 aliphatic heterocycles. The number of hydrogen-bond donors (Lipinski definition) is 7. The van der Waals surface area contributed by atoms with Gasteiger partial charge in [-0.05, 0) is 84.5 Å². The molecule has 0 bridgehead atoms. The van der Waals surface area contributed by atoms with Gasteiger partial charge in [0.05, 0.1) is 17.8 Å². The van der Waals surface area contributed by atoms with Gasteiger partial charge in [0.25, 0.3) is 6.47 Å². The van der Waals surface area contributed by atoms with Gasteiger partial charge in [-0.3, -0.25) is 9.63 Å². The molecule has 12 nitrogen and oxygen atoms in total. The maximum absolute atomic E-state index is 10.6. The number of carbonyl (C=O) groups is 1. The van der Waals surface area contributed by atoms with Crippen LogP contribution in [-0.2, 0) is 16.1 Å². The number of hydrazine groups is 1. The van der Waals surface area contributed by atoms with E-state index in [0.29, 0.717) is 27.9 Å². The number of aliphatic hydroxyl groups is 2. The van der Waals surface area contributed by atoms with Crippen molar-refractivity contribution in [2.45, 2.75) is 57.6 Å². The zero-order chi connectivity index (χ0) is 35.7. The third kappa shape index (κ3) is 9.37. The highest BCUT2D eigenvalue weighted by molar-refractivity contribution is 6.31. The van der Waals surface area contributed by atoms with Crippen LogP contribution in [0.2, 0.25) is 10.0 Å². The van der Waals surface area contributed by atoms with E-state index in [1.807, 2.05) is 68.4 Å². The molecule has 2 heterocycles. The summed E-state index contributed by atoms with van der Waals surface area (Å²) in [6.07, 6.45) is 0.769. The molecular formula is C35H44Cl2N6O6. The predicted molar refractivity (Wildman–Crippen MR) is 192 cm³/mol. The third-order valence-corrected chi connectivity index (χ3v) is 9.20. The normalized spacial score (nSPS) is 16.9. The second kappa shape index (κ2) is 17.6. The van der Waals surface area contributed by atoms with Crippen molar-refractivity contribution >= 4 is 46.3 Å². The van der Waals surface area contributed by atoms with Crippen LogP contribution in [-0.4, -0.2) is 63.4 Å². The summed E-state index contributed by atoms with van der Waals surface area (Å²) in [4.78, 5) is 18.8. The third-order valence-electron chi connectivity index (χ3n) is 8.71. The number of hydrogen-bond acceptors (Lipinski definition) is 10. The number of anilines is 1. The van der Waals surface area contributed by atoms with Gasteiger partial charge < -0.3 is 40.7 Å². The van der Waals surface area contributed by atoms with Crippen molar-refractivity contribution in [2.75, 3.05) is 18.1 Å². The zero-order valence-electron chi connectivity index (χ0n) is 27.4. The van der Waals surface area contributed by atoms with E-state index in [2.05, 4.69) is 26.9 Å². The Kier molecular flexibility index (Phi) is 13.6. The van der Waals surface area contributed by atoms with E-state index in [4.69, 9.17) is 55.3 Å². The first kappa shape index (κ1) is 37.8. The Morgan fingerprint density at radius 1 is 1.10 bits per heavy atom. The van der Waals surface area contributed by atoms with Gasteiger partial charge in [0.15, 0.2) is 0 Å². The molecule has 0 saturated carbocycles. The number of nitrogens with zero attached hydrogens (tertiary/aromatic N) is 2. The van der Waals surface area contributed by atoms with E-state index in [0.717, 1.165) is 47.2 Å². The molecule has 10 N–H and O–H groups in total. The first-order valence-corrected chi connectivity index (χ1v) is 16.6. The fourth-order valence-electron chi connectivity index (χ4n) is 6.04. The number of H-pyrrole nitrogens is 1. The van der Waals surface area contributed by atoms with Gasteiger partial charge in [0, 0.05) is 45.1 Å². The standard InChI is InChI=1S/C34H42Cl2N6O4.CH2O2/c1-3-20(2)16-30(33(43)34(44)46-39)42(38)18-24(37)19-45-26-11-4-21(5-12-26)32-31-27(28-17-23(36)8-13-29(28)40-31)14-15-41(32)25-9-6-22(35)7-10-25;2-1-3/h4-13,17-18,20,30,32-34,40,43-44H,3,14-16,19,37-39H2,1-2H3;1H,(H,2,3)/b24-18-;. The van der Waals surface area contributed by atoms with Crippen molar-refractivity contribution in [3.05, 3.63) is 105 Å². The van der Waals surface area contributed by atoms with Crippen LogP contribution in [0.1, 0.15) is 49.6 Å². The molecule has 0 aliphatic carbocycles. The Balaban J connectivity index is 0.00000174. The molecule has 0 fully saturated rings. The zero-order valence-corrected chi connectivity index (χ0v) is 28.9. The van der Waals surface area contributed by atoms with Gasteiger partial charge in [0.1, 0.15) is 18.5 Å². The Bertz CT molecular complexity index is 1690. The molecule has 264 valence electrons. The number of ether oxygens (including phenoxy) is 1. The van der Waals surface area contributed by atoms with E-state index in [1.54, 1.807) is 0 Å². The van der Waals surface area contributed by atoms with Crippen molar-refractivity contribution in [1.82, 2.24) is 9.99 Å². The molecule has 0 spiro atoms. The lowest BCUT2D eigenvalue weighted by Gasteiger charge is -2.38. The number of aromatic amines is 1. The Labute approximate surface area is 295 Å². The minimum Gasteiger partial charge on any atom is -0.487 e. The quantitative estimate of drug-likeness (QED) is 0.0423. The lowest BCUT2D eigenvalue weighted by atomic mass is 9.91. The van der Waals surface area contributed by atoms with Gasteiger partial charge in [0.2, 0.25) is 6.29 Å². The van der Waals surface area contributed by atoms with Crippen molar-refractivity contribution < 1.29 is 29.7 Å². The molecule has 14 heteroatoms. The molecule has 0 saturated heterocycles. The van der Waals surface area contributed by atoms with Crippen LogP contribution in [0.25, 0.3) is 10.9 Å². The number of aromatic nitrogens is 1. The maximum Gasteiger partial charge on any atom is 0.290 e. The van der Waals surface area contributed by atoms with Gasteiger partial charge >= 0.3 is 0 Å². The molecule has 5 unspecified atom stereocenters. The molecule has 1 aliphatic rings. The lowest BCUT2D eigenvalue weighted by molar-refractivity contribution is -0.181. The van der Waals surface area contributed by atoms with E-state index >= 15 is 0 Å². The van der Waals surface area contributed by atoms with Crippen LogP contribution in [0.15, 0.2) is 78.6 Å². The highest BCUT2D eigenvalue weighted by Gasteiger charge is 2.33. The number of benzene rings is 3. The summed E-state index contributed by atoms with van der Waals surface area (Å²) in [5, 5.41) is 31.2. The summed E-state index contributed by atoms with van der Waals surface area (Å²) < 4.78 is 5.99. The first-order chi connectivity index (χ1) is 23.5. The maximum atomic E-state index is 10.6. The average molecular weight is 716 g/mol. The number of carboxylic acid groups (broad SMARTS) is 1. The summed E-state index contributed by atoms with van der Waals surface area (Å²) >= 11 is 12.6. The van der Waals surface area contributed by atoms with Gasteiger partial charge in [-0.2, -0.15) is 0 Å². The lowest BCUT2D eigenvalue weighted by Crippen LogP contribution is -2.51. The summed E-state index contributed by atoms with van der Waals surface area (Å²) in [5.74, 6) is 12.2. The smallest absolute Gasteiger partial charge is 0.290 e. The van der Waals surface area contributed by atoms with Crippen LogP contribution < -0.4 is 27.1 Å². The van der Waals surface area contributed by atoms with E-state index < -0.39 is 18.4 Å². The highest BCUT2D eigenvalue weighted by Crippen LogP contribution is 2.41. The summed E-state index contributed by atoms with van der Waals surface area (Å²) in [6, 6.07) is 21.0. The number of rotatable bonds is 13. The van der Waals surface area contributed by atoms with Gasteiger partial charge in [-0.25, -0.2) is 11.7 Å². The molecule has 5 atom stereocenters. The Morgan fingerprint density at radius 2 is 1.76 bits per heavy atom. The van der Waals surface area contributed by atoms with Crippen LogP contribution in [0.4, 0.5) is 5.69 Å². The largest absolute Gasteiger partial charge is 0.487 e. The van der Waals surface area contributed by atoms with Gasteiger partial charge in [-0.1, -0.05) is 55.6 Å². The average Bonchev–Trinajstić information content (AvgIpc) is 3.47. The summed E-state index contributed by atoms with van der Waals surface area (Å²) in [6.45, 7) is 4.68. The number of nitrogens with two attached hydrogens (primary N) is 3. The molecule has 0 amide bonds. The second-order valence-electron chi connectivity index (χ2n) is 12.0. The monoisotopic (exact) mass is 714 g/mol. The molecule has 4 aromatic rings. The topological polar surface area (TPSA) is 197 Å². The SMILES string of the molecule is CCC(C)CC(C(O)C(O)ON)N(N)/C=C(\N)COc1ccc(C2c3[nH]c4ccc(Cl)cc4c3CCN2c2ccc(Cl)cc2)cc1.O=CO. The summed E-state index contributed by atoms with van der Waals surface area (Å²) in [7, 11) is 0. The van der Waals surface area contributed by atoms with Gasteiger partial charge in [-0.15, -0.1) is 0 Å². The van der Waals surface area contributed by atoms with E-state index in [-0.39, 0.29) is 25.0 Å². The molecule has 5 rings (SSSR count). The number of nitrogens with one attached hydrogen (secondary N) is 1. The fourth-order valence-corrected chi connectivity index (χ4v) is 6.34. The predicted octanol–water partition coefficient (Wildman–Crippen LogP) is 5.06. The molecule has 0 radical (unpaired) electrons. The minimum absolute atomic E-state index is 0.0579. The Hall–Kier alpha value is -4.01. The van der Waals surface area contributed by atoms with Crippen LogP contribution >= 0.6 is 23.2 Å². The second-order valence-corrected chi connectivity index (χ2v) is 12.9. The minimum atomic E-state index is -1.59. The van der Waals surface area contributed by atoms with Crippen LogP contribution in [0.5, 0.6) is 5.75 Å². The summed E-state index contributed by atoms with van der Waals surface area (Å²) in [5.41, 5.74) is 12.2. The number of halogens is 2. The molecule has 1 aromatic heterocycles. The Morgan fingerprint density at radius 3 is 2.39 bits per heavy atom. The highest BCUT2D eigenvalue weighted by atomic mass is 35.5. The van der Waals surface area contributed by atoms with Crippen molar-refractivity contribution in [3.8, 4) is 5.75 Å². The van der Waals surface area contributed by atoms with Crippen molar-refractivity contribution in [3.63, 3.8) is 0 Å². The molecule has 3 aromatic carbocycles. The molecule has 49 heavy (non-hydrogen) atoms. The van der Waals surface area contributed by atoms with Crippen LogP contribution in [0.3, 0.4) is 0 Å². The van der Waals surface area contributed by atoms with Crippen molar-refractivity contribution in [1.29, 1.82) is 0 Å². The molecular weight excluding hydrogens is 671 g/mol. The van der Waals surface area contributed by atoms with E-state index in [1.165, 1.54) is 16.8 Å². The number of aliphatic hydroxyl groups excluding tert-OH is 2. The number of fused-ring (bicyclic) bond motifs is 3.